The average Bonchev–Trinajstić information content (AvgIpc) is 3.09. The molecule has 3 aromatic rings. The van der Waals surface area contributed by atoms with Gasteiger partial charge in [0.15, 0.2) is 0 Å². The Balaban J connectivity index is 1.65. The van der Waals surface area contributed by atoms with E-state index >= 15 is 0 Å². The van der Waals surface area contributed by atoms with Crippen molar-refractivity contribution < 1.29 is 9.36 Å². The Morgan fingerprint density at radius 3 is 2.83 bits per heavy atom. The summed E-state index contributed by atoms with van der Waals surface area (Å²) in [6.07, 6.45) is 3.09. The zero-order valence-electron chi connectivity index (χ0n) is 12.4. The highest BCUT2D eigenvalue weighted by atomic mass is 16.6. The third-order valence-electron chi connectivity index (χ3n) is 4.26. The monoisotopic (exact) mass is 306 g/mol. The van der Waals surface area contributed by atoms with Gasteiger partial charge < -0.3 is 9.36 Å². The van der Waals surface area contributed by atoms with Gasteiger partial charge in [-0.3, -0.25) is 0 Å². The minimum Gasteiger partial charge on any atom is -0.395 e. The summed E-state index contributed by atoms with van der Waals surface area (Å²) >= 11 is 0. The van der Waals surface area contributed by atoms with Gasteiger partial charge in [-0.1, -0.05) is 28.5 Å². The number of nitrogens with zero attached hydrogens (tertiary/aromatic N) is 4. The van der Waals surface area contributed by atoms with Crippen LogP contribution in [0.2, 0.25) is 0 Å². The Bertz CT molecular complexity index is 927. The fourth-order valence-electron chi connectivity index (χ4n) is 2.91. The molecule has 2 aliphatic rings. The highest BCUT2D eigenvalue weighted by Gasteiger charge is 2.30. The highest BCUT2D eigenvalue weighted by molar-refractivity contribution is 5.97. The second-order valence-corrected chi connectivity index (χ2v) is 5.94. The van der Waals surface area contributed by atoms with Crippen molar-refractivity contribution in [2.24, 2.45) is 5.16 Å². The molecule has 1 saturated carbocycles. The van der Waals surface area contributed by atoms with Crippen molar-refractivity contribution in [1.82, 2.24) is 15.1 Å². The van der Waals surface area contributed by atoms with E-state index in [1.54, 1.807) is 0 Å². The molecule has 0 N–H and O–H groups in total. The van der Waals surface area contributed by atoms with E-state index in [0.29, 0.717) is 30.7 Å². The Kier molecular flexibility index (Phi) is 2.70. The Labute approximate surface area is 132 Å². The number of hydrogen-bond acceptors (Lipinski definition) is 6. The summed E-state index contributed by atoms with van der Waals surface area (Å²) in [5, 5.41) is 9.13. The van der Waals surface area contributed by atoms with E-state index in [9.17, 15) is 0 Å². The molecule has 23 heavy (non-hydrogen) atoms. The van der Waals surface area contributed by atoms with Gasteiger partial charge in [-0.05, 0) is 36.5 Å². The van der Waals surface area contributed by atoms with E-state index in [4.69, 9.17) is 14.3 Å². The minimum absolute atomic E-state index is 0.460. The van der Waals surface area contributed by atoms with Crippen molar-refractivity contribution in [2.75, 3.05) is 6.61 Å². The number of fused-ring (bicyclic) bond motifs is 1. The summed E-state index contributed by atoms with van der Waals surface area (Å²) in [5.74, 6) is 1.50. The van der Waals surface area contributed by atoms with Gasteiger partial charge in [-0.25, -0.2) is 4.98 Å². The van der Waals surface area contributed by atoms with E-state index in [1.165, 1.54) is 18.4 Å². The number of rotatable bonds is 3. The van der Waals surface area contributed by atoms with Crippen LogP contribution in [0.4, 0.5) is 0 Å². The fraction of sp³-hybridized carbons (Fsp3) is 0.294. The maximum Gasteiger partial charge on any atom is 0.277 e. The molecule has 6 nitrogen and oxygen atoms in total. The maximum atomic E-state index is 5.47. The third kappa shape index (κ3) is 2.18. The predicted molar refractivity (Wildman–Crippen MR) is 84.1 cm³/mol. The molecule has 3 heterocycles. The van der Waals surface area contributed by atoms with Gasteiger partial charge >= 0.3 is 0 Å². The van der Waals surface area contributed by atoms with Gasteiger partial charge in [0, 0.05) is 11.8 Å². The number of oxime groups is 1. The Morgan fingerprint density at radius 2 is 2.00 bits per heavy atom. The van der Waals surface area contributed by atoms with Crippen molar-refractivity contribution in [3.63, 3.8) is 0 Å². The van der Waals surface area contributed by atoms with Crippen LogP contribution in [0.1, 0.15) is 36.6 Å². The largest absolute Gasteiger partial charge is 0.395 e. The second kappa shape index (κ2) is 4.87. The number of hydrogen-bond donors (Lipinski definition) is 0. The predicted octanol–water partition coefficient (Wildman–Crippen LogP) is 3.29. The third-order valence-corrected chi connectivity index (χ3v) is 4.26. The molecule has 0 spiro atoms. The van der Waals surface area contributed by atoms with Gasteiger partial charge in [0.1, 0.15) is 18.0 Å². The first kappa shape index (κ1) is 12.8. The van der Waals surface area contributed by atoms with Gasteiger partial charge in [-0.2, -0.15) is 4.98 Å². The van der Waals surface area contributed by atoms with E-state index in [0.717, 1.165) is 22.3 Å². The summed E-state index contributed by atoms with van der Waals surface area (Å²) < 4.78 is 5.47. The van der Waals surface area contributed by atoms with Gasteiger partial charge in [0.2, 0.25) is 5.82 Å². The molecular weight excluding hydrogens is 292 g/mol. The first-order chi connectivity index (χ1) is 11.4. The summed E-state index contributed by atoms with van der Waals surface area (Å²) in [6.45, 7) is 0.570. The Morgan fingerprint density at radius 1 is 1.09 bits per heavy atom. The van der Waals surface area contributed by atoms with Crippen molar-refractivity contribution >= 4 is 16.6 Å². The average molecular weight is 306 g/mol. The summed E-state index contributed by atoms with van der Waals surface area (Å²) in [4.78, 5) is 14.3. The van der Waals surface area contributed by atoms with Crippen LogP contribution in [0.25, 0.3) is 22.5 Å². The van der Waals surface area contributed by atoms with Crippen molar-refractivity contribution in [3.8, 4) is 11.6 Å². The fourth-order valence-corrected chi connectivity index (χ4v) is 2.91. The van der Waals surface area contributed by atoms with E-state index < -0.39 is 0 Å². The lowest BCUT2D eigenvalue weighted by Crippen LogP contribution is -2.00. The standard InChI is InChI=1S/C17H14N4O2/c1-2-4-13-11(3-1)9-12(10-5-6-10)15(18-13)17-19-16(21-23-17)14-7-8-22-20-14/h1-4,9-10H,5-8H2. The molecule has 114 valence electrons. The van der Waals surface area contributed by atoms with Crippen LogP contribution >= 0.6 is 0 Å². The lowest BCUT2D eigenvalue weighted by molar-refractivity contribution is 0.174. The summed E-state index contributed by atoms with van der Waals surface area (Å²) in [7, 11) is 0. The molecule has 0 unspecified atom stereocenters. The summed E-state index contributed by atoms with van der Waals surface area (Å²) in [6, 6.07) is 10.3. The first-order valence-corrected chi connectivity index (χ1v) is 7.81. The molecule has 2 aromatic heterocycles. The summed E-state index contributed by atoms with van der Waals surface area (Å²) in [5.41, 5.74) is 3.66. The van der Waals surface area contributed by atoms with Gasteiger partial charge in [0.05, 0.1) is 5.52 Å². The van der Waals surface area contributed by atoms with E-state index in [-0.39, 0.29) is 0 Å². The van der Waals surface area contributed by atoms with Crippen LogP contribution in [0, 0.1) is 0 Å². The first-order valence-electron chi connectivity index (χ1n) is 7.81. The Hall–Kier alpha value is -2.76. The molecule has 0 amide bonds. The van der Waals surface area contributed by atoms with E-state index in [1.807, 2.05) is 18.2 Å². The van der Waals surface area contributed by atoms with Crippen LogP contribution < -0.4 is 0 Å². The van der Waals surface area contributed by atoms with Crippen LogP contribution in [0.5, 0.6) is 0 Å². The zero-order valence-corrected chi connectivity index (χ0v) is 12.4. The molecule has 1 fully saturated rings. The van der Waals surface area contributed by atoms with Crippen LogP contribution in [-0.4, -0.2) is 27.4 Å². The smallest absolute Gasteiger partial charge is 0.277 e. The van der Waals surface area contributed by atoms with Crippen LogP contribution in [0.3, 0.4) is 0 Å². The van der Waals surface area contributed by atoms with Crippen molar-refractivity contribution in [3.05, 3.63) is 41.7 Å². The molecule has 6 heteroatoms. The topological polar surface area (TPSA) is 73.4 Å². The lowest BCUT2D eigenvalue weighted by atomic mass is 10.1. The molecule has 1 aliphatic carbocycles. The second-order valence-electron chi connectivity index (χ2n) is 5.94. The molecule has 0 saturated heterocycles. The number of para-hydroxylation sites is 1. The van der Waals surface area contributed by atoms with Gasteiger partial charge in [0.25, 0.3) is 5.89 Å². The number of benzene rings is 1. The lowest BCUT2D eigenvalue weighted by Gasteiger charge is -2.06. The molecule has 1 aromatic carbocycles. The number of aromatic nitrogens is 3. The molecule has 5 rings (SSSR count). The van der Waals surface area contributed by atoms with E-state index in [2.05, 4.69) is 27.4 Å². The molecule has 1 aliphatic heterocycles. The SMILES string of the molecule is c1ccc2nc(-c3nc(C4=NOCC4)no3)c(C3CC3)cc2c1. The maximum absolute atomic E-state index is 5.47. The molecule has 0 bridgehead atoms. The highest BCUT2D eigenvalue weighted by Crippen LogP contribution is 2.44. The quantitative estimate of drug-likeness (QED) is 0.742. The normalized spacial score (nSPS) is 17.3. The minimum atomic E-state index is 0.460. The molecular formula is C17H14N4O2. The van der Waals surface area contributed by atoms with Crippen molar-refractivity contribution in [1.29, 1.82) is 0 Å². The van der Waals surface area contributed by atoms with Gasteiger partial charge in [-0.15, -0.1) is 0 Å². The zero-order chi connectivity index (χ0) is 15.2. The van der Waals surface area contributed by atoms with Crippen LogP contribution in [0.15, 0.2) is 40.0 Å². The van der Waals surface area contributed by atoms with Crippen molar-refractivity contribution in [2.45, 2.75) is 25.2 Å². The number of pyridine rings is 1. The van der Waals surface area contributed by atoms with Crippen LogP contribution in [-0.2, 0) is 4.84 Å². The molecule has 0 radical (unpaired) electrons. The molecule has 0 atom stereocenters.